The maximum absolute atomic E-state index is 6.27. The summed E-state index contributed by atoms with van der Waals surface area (Å²) in [5.74, 6) is 0.415. The summed E-state index contributed by atoms with van der Waals surface area (Å²) in [7, 11) is 0. The predicted molar refractivity (Wildman–Crippen MR) is 133 cm³/mol. The number of piperidine rings is 1. The zero-order valence-electron chi connectivity index (χ0n) is 17.6. The van der Waals surface area contributed by atoms with E-state index in [-0.39, 0.29) is 0 Å². The van der Waals surface area contributed by atoms with Crippen molar-refractivity contribution >= 4 is 38.5 Å². The Morgan fingerprint density at radius 3 is 2.88 bits per heavy atom. The number of rotatable bonds is 4. The summed E-state index contributed by atoms with van der Waals surface area (Å²) in [6, 6.07) is 12.6. The highest BCUT2D eigenvalue weighted by atomic mass is 79.9. The molecule has 3 aromatic heterocycles. The van der Waals surface area contributed by atoms with Crippen molar-refractivity contribution in [2.45, 2.75) is 25.3 Å². The van der Waals surface area contributed by atoms with E-state index in [1.807, 2.05) is 30.6 Å². The molecule has 0 spiro atoms. The van der Waals surface area contributed by atoms with Crippen molar-refractivity contribution in [1.82, 2.24) is 19.9 Å². The van der Waals surface area contributed by atoms with E-state index in [0.717, 1.165) is 57.3 Å². The lowest BCUT2D eigenvalue weighted by Gasteiger charge is -2.36. The van der Waals surface area contributed by atoms with E-state index in [0.29, 0.717) is 17.5 Å². The molecule has 1 atom stereocenters. The zero-order chi connectivity index (χ0) is 22.1. The van der Waals surface area contributed by atoms with E-state index in [1.54, 1.807) is 0 Å². The van der Waals surface area contributed by atoms with E-state index < -0.39 is 0 Å². The monoisotopic (exact) mass is 486 g/mol. The Labute approximate surface area is 195 Å². The van der Waals surface area contributed by atoms with Crippen LogP contribution < -0.4 is 10.6 Å². The summed E-state index contributed by atoms with van der Waals surface area (Å²) >= 11 is 3.58. The lowest BCUT2D eigenvalue weighted by atomic mass is 9.97. The number of halogens is 1. The molecule has 1 unspecified atom stereocenters. The molecular weight excluding hydrogens is 464 g/mol. The van der Waals surface area contributed by atoms with Crippen LogP contribution in [0.2, 0.25) is 0 Å². The third kappa shape index (κ3) is 3.73. The number of benzene rings is 1. The van der Waals surface area contributed by atoms with Crippen LogP contribution in [0.1, 0.15) is 19.3 Å². The molecule has 160 valence electrons. The number of pyridine rings is 2. The largest absolute Gasteiger partial charge is 0.383 e. The normalized spacial score (nSPS) is 16.3. The number of hydrogen-bond donors (Lipinski definition) is 1. The lowest BCUT2D eigenvalue weighted by molar-refractivity contribution is 0.515. The van der Waals surface area contributed by atoms with Gasteiger partial charge in [-0.25, -0.2) is 15.0 Å². The second-order valence-electron chi connectivity index (χ2n) is 7.91. The van der Waals surface area contributed by atoms with Gasteiger partial charge in [-0.15, -0.1) is 6.58 Å². The van der Waals surface area contributed by atoms with Crippen molar-refractivity contribution in [2.75, 3.05) is 17.2 Å². The summed E-state index contributed by atoms with van der Waals surface area (Å²) in [4.78, 5) is 20.4. The van der Waals surface area contributed by atoms with E-state index in [1.165, 1.54) is 12.7 Å². The molecule has 0 radical (unpaired) electrons. The Kier molecular flexibility index (Phi) is 5.57. The summed E-state index contributed by atoms with van der Waals surface area (Å²) in [6.45, 7) is 5.05. The van der Waals surface area contributed by atoms with Crippen molar-refractivity contribution < 1.29 is 0 Å². The zero-order valence-corrected chi connectivity index (χ0v) is 19.2. The van der Waals surface area contributed by atoms with Crippen molar-refractivity contribution in [3.63, 3.8) is 0 Å². The van der Waals surface area contributed by atoms with E-state index >= 15 is 0 Å². The average Bonchev–Trinajstić information content (AvgIpc) is 2.83. The van der Waals surface area contributed by atoms with Gasteiger partial charge in [-0.1, -0.05) is 34.1 Å². The topological polar surface area (TPSA) is 80.8 Å². The van der Waals surface area contributed by atoms with Gasteiger partial charge in [0.05, 0.1) is 11.1 Å². The fraction of sp³-hybridized carbons (Fsp3) is 0.200. The van der Waals surface area contributed by atoms with Gasteiger partial charge in [0, 0.05) is 40.7 Å². The molecule has 0 saturated carbocycles. The van der Waals surface area contributed by atoms with Crippen molar-refractivity contribution in [3.05, 3.63) is 72.2 Å². The molecule has 32 heavy (non-hydrogen) atoms. The minimum atomic E-state index is 0.299. The molecule has 0 aliphatic carbocycles. The minimum Gasteiger partial charge on any atom is -0.383 e. The average molecular weight is 487 g/mol. The van der Waals surface area contributed by atoms with Gasteiger partial charge in [0.25, 0.3) is 0 Å². The maximum Gasteiger partial charge on any atom is 0.165 e. The fourth-order valence-electron chi connectivity index (χ4n) is 4.45. The Hall–Kier alpha value is -3.32. The van der Waals surface area contributed by atoms with Crippen LogP contribution in [-0.2, 0) is 0 Å². The van der Waals surface area contributed by atoms with Gasteiger partial charge in [0.1, 0.15) is 12.1 Å². The number of nitrogens with zero attached hydrogens (tertiary/aromatic N) is 5. The first-order valence-corrected chi connectivity index (χ1v) is 11.5. The van der Waals surface area contributed by atoms with Crippen molar-refractivity contribution in [2.24, 2.45) is 0 Å². The molecule has 5 rings (SSSR count). The Morgan fingerprint density at radius 1 is 1.12 bits per heavy atom. The summed E-state index contributed by atoms with van der Waals surface area (Å²) in [6.07, 6.45) is 10.7. The molecule has 1 aliphatic heterocycles. The summed E-state index contributed by atoms with van der Waals surface area (Å²) in [5.41, 5.74) is 11.7. The van der Waals surface area contributed by atoms with Crippen LogP contribution in [-0.4, -0.2) is 32.5 Å². The standard InChI is InChI=1S/C25H23BrN6/c1-2-18-8-3-4-11-32(18)22-9-10-28-14-20(22)21-13-19(16-6-5-7-17(26)12-16)23-24(27)29-15-30-25(23)31-21/h2,5-7,9-10,12-15,18H,1,3-4,8,11H2,(H2,27,29,30,31). The van der Waals surface area contributed by atoms with Crippen molar-refractivity contribution in [3.8, 4) is 22.4 Å². The number of nitrogen functional groups attached to an aromatic ring is 1. The van der Waals surface area contributed by atoms with Gasteiger partial charge >= 0.3 is 0 Å². The number of aromatic nitrogens is 4. The minimum absolute atomic E-state index is 0.299. The molecule has 0 bridgehead atoms. The first-order chi connectivity index (χ1) is 15.7. The van der Waals surface area contributed by atoms with Gasteiger partial charge in [-0.2, -0.15) is 0 Å². The van der Waals surface area contributed by atoms with Gasteiger partial charge in [-0.3, -0.25) is 4.98 Å². The molecule has 1 aliphatic rings. The predicted octanol–water partition coefficient (Wildman–Crippen LogP) is 5.64. The first-order valence-electron chi connectivity index (χ1n) is 10.7. The molecule has 7 heteroatoms. The highest BCUT2D eigenvalue weighted by Gasteiger charge is 2.24. The van der Waals surface area contributed by atoms with Crippen molar-refractivity contribution in [1.29, 1.82) is 0 Å². The third-order valence-electron chi connectivity index (χ3n) is 5.97. The Bertz CT molecular complexity index is 1300. The Balaban J connectivity index is 1.74. The van der Waals surface area contributed by atoms with Crippen LogP contribution in [0, 0.1) is 0 Å². The van der Waals surface area contributed by atoms with Crippen LogP contribution in [0.15, 0.2) is 72.2 Å². The van der Waals surface area contributed by atoms with E-state index in [9.17, 15) is 0 Å². The molecule has 6 nitrogen and oxygen atoms in total. The fourth-order valence-corrected chi connectivity index (χ4v) is 4.85. The number of anilines is 2. The quantitative estimate of drug-likeness (QED) is 0.375. The van der Waals surface area contributed by atoms with Crippen LogP contribution >= 0.6 is 15.9 Å². The number of hydrogen-bond acceptors (Lipinski definition) is 6. The molecular formula is C25H23BrN6. The van der Waals surface area contributed by atoms with Crippen LogP contribution in [0.4, 0.5) is 11.5 Å². The van der Waals surface area contributed by atoms with Crippen LogP contribution in [0.3, 0.4) is 0 Å². The second kappa shape index (κ2) is 8.67. The second-order valence-corrected chi connectivity index (χ2v) is 8.82. The van der Waals surface area contributed by atoms with Crippen LogP contribution in [0.25, 0.3) is 33.4 Å². The van der Waals surface area contributed by atoms with Gasteiger partial charge in [0.15, 0.2) is 5.65 Å². The van der Waals surface area contributed by atoms with E-state index in [4.69, 9.17) is 10.7 Å². The summed E-state index contributed by atoms with van der Waals surface area (Å²) < 4.78 is 0.987. The molecule has 1 saturated heterocycles. The molecule has 0 amide bonds. The highest BCUT2D eigenvalue weighted by Crippen LogP contribution is 2.38. The number of fused-ring (bicyclic) bond motifs is 1. The SMILES string of the molecule is C=CC1CCCCN1c1ccncc1-c1cc(-c2cccc(Br)c2)c2c(N)ncnc2n1. The molecule has 4 aromatic rings. The van der Waals surface area contributed by atoms with Gasteiger partial charge in [0.2, 0.25) is 0 Å². The van der Waals surface area contributed by atoms with Crippen LogP contribution in [0.5, 0.6) is 0 Å². The molecule has 2 N–H and O–H groups in total. The highest BCUT2D eigenvalue weighted by molar-refractivity contribution is 9.10. The van der Waals surface area contributed by atoms with Gasteiger partial charge < -0.3 is 10.6 Å². The summed E-state index contributed by atoms with van der Waals surface area (Å²) in [5, 5.41) is 0.752. The number of nitrogens with two attached hydrogens (primary N) is 1. The first kappa shape index (κ1) is 20.6. The molecule has 4 heterocycles. The molecule has 1 aromatic carbocycles. The van der Waals surface area contributed by atoms with Gasteiger partial charge in [-0.05, 0) is 54.7 Å². The lowest BCUT2D eigenvalue weighted by Crippen LogP contribution is -2.38. The third-order valence-corrected chi connectivity index (χ3v) is 6.47. The Morgan fingerprint density at radius 2 is 2.03 bits per heavy atom. The molecule has 1 fully saturated rings. The smallest absolute Gasteiger partial charge is 0.165 e. The maximum atomic E-state index is 6.27. The van der Waals surface area contributed by atoms with E-state index in [2.05, 4.69) is 66.6 Å².